The Kier molecular flexibility index (Phi) is 6.77. The van der Waals surface area contributed by atoms with Gasteiger partial charge in [0, 0.05) is 6.61 Å². The van der Waals surface area contributed by atoms with Gasteiger partial charge in [-0.1, -0.05) is 13.8 Å². The maximum absolute atomic E-state index is 11.1. The Bertz CT molecular complexity index is 209. The summed E-state index contributed by atoms with van der Waals surface area (Å²) in [5.74, 6) is 0.0788. The average molecular weight is 198 g/mol. The number of amides is 1. The zero-order valence-corrected chi connectivity index (χ0v) is 9.04. The van der Waals surface area contributed by atoms with Crippen LogP contribution >= 0.6 is 0 Å². The van der Waals surface area contributed by atoms with Crippen molar-refractivity contribution >= 4 is 5.91 Å². The zero-order valence-electron chi connectivity index (χ0n) is 9.04. The van der Waals surface area contributed by atoms with Crippen LogP contribution in [0.5, 0.6) is 0 Å². The van der Waals surface area contributed by atoms with E-state index in [1.807, 2.05) is 26.8 Å². The Morgan fingerprint density at radius 1 is 1.57 bits per heavy atom. The minimum atomic E-state index is -0.231. The van der Waals surface area contributed by atoms with Crippen molar-refractivity contribution in [3.8, 4) is 6.07 Å². The third-order valence-corrected chi connectivity index (χ3v) is 1.89. The highest BCUT2D eigenvalue weighted by atomic mass is 16.5. The third-order valence-electron chi connectivity index (χ3n) is 1.89. The van der Waals surface area contributed by atoms with Gasteiger partial charge in [-0.25, -0.2) is 0 Å². The summed E-state index contributed by atoms with van der Waals surface area (Å²) in [7, 11) is 0. The van der Waals surface area contributed by atoms with Gasteiger partial charge in [-0.3, -0.25) is 4.79 Å². The lowest BCUT2D eigenvalue weighted by atomic mass is 10.1. The van der Waals surface area contributed by atoms with E-state index in [0.29, 0.717) is 19.1 Å². The minimum absolute atomic E-state index is 0.00389. The fraction of sp³-hybridized carbons (Fsp3) is 0.800. The van der Waals surface area contributed by atoms with Crippen LogP contribution in [-0.4, -0.2) is 25.2 Å². The molecule has 0 bridgehead atoms. The molecule has 0 aromatic carbocycles. The van der Waals surface area contributed by atoms with Crippen LogP contribution in [0.4, 0.5) is 0 Å². The van der Waals surface area contributed by atoms with Gasteiger partial charge in [-0.05, 0) is 12.8 Å². The second-order valence-corrected chi connectivity index (χ2v) is 3.41. The molecular weight excluding hydrogens is 180 g/mol. The summed E-state index contributed by atoms with van der Waals surface area (Å²) in [6.07, 6.45) is -0.0880. The van der Waals surface area contributed by atoms with Gasteiger partial charge in [0.1, 0.15) is 6.42 Å². The van der Waals surface area contributed by atoms with E-state index in [1.54, 1.807) is 0 Å². The molecule has 0 fully saturated rings. The standard InChI is InChI=1S/C10H18N2O2/c1-4-14-7-9(8(2)3)12-10(13)5-6-11/h8-9H,4-5,7H2,1-3H3,(H,12,13). The third kappa shape index (κ3) is 5.55. The Balaban J connectivity index is 3.97. The number of ether oxygens (including phenoxy) is 1. The number of hydrogen-bond donors (Lipinski definition) is 1. The summed E-state index contributed by atoms with van der Waals surface area (Å²) in [4.78, 5) is 11.1. The van der Waals surface area contributed by atoms with Crippen molar-refractivity contribution < 1.29 is 9.53 Å². The number of carbonyl (C=O) groups excluding carboxylic acids is 1. The fourth-order valence-electron chi connectivity index (χ4n) is 0.975. The van der Waals surface area contributed by atoms with Gasteiger partial charge in [0.2, 0.25) is 5.91 Å². The first-order valence-corrected chi connectivity index (χ1v) is 4.85. The number of nitrogens with zero attached hydrogens (tertiary/aromatic N) is 1. The number of carbonyl (C=O) groups is 1. The molecule has 80 valence electrons. The molecule has 1 atom stereocenters. The number of nitriles is 1. The number of hydrogen-bond acceptors (Lipinski definition) is 3. The normalized spacial score (nSPS) is 12.2. The van der Waals surface area contributed by atoms with Crippen molar-refractivity contribution in [2.45, 2.75) is 33.2 Å². The first-order valence-electron chi connectivity index (χ1n) is 4.85. The monoisotopic (exact) mass is 198 g/mol. The highest BCUT2D eigenvalue weighted by Gasteiger charge is 2.15. The molecule has 4 heteroatoms. The predicted molar refractivity (Wildman–Crippen MR) is 53.5 cm³/mol. The number of nitrogens with one attached hydrogen (secondary N) is 1. The van der Waals surface area contributed by atoms with Gasteiger partial charge in [0.05, 0.1) is 18.7 Å². The second kappa shape index (κ2) is 7.34. The maximum Gasteiger partial charge on any atom is 0.234 e. The van der Waals surface area contributed by atoms with Crippen LogP contribution in [0, 0.1) is 17.2 Å². The highest BCUT2D eigenvalue weighted by molar-refractivity contribution is 5.78. The van der Waals surface area contributed by atoms with E-state index in [4.69, 9.17) is 10.00 Å². The first kappa shape index (κ1) is 12.9. The molecule has 14 heavy (non-hydrogen) atoms. The molecule has 0 aliphatic carbocycles. The molecule has 1 amide bonds. The lowest BCUT2D eigenvalue weighted by molar-refractivity contribution is -0.121. The van der Waals surface area contributed by atoms with Crippen LogP contribution in [0.25, 0.3) is 0 Å². The Hall–Kier alpha value is -1.08. The molecule has 1 unspecified atom stereocenters. The molecule has 0 spiro atoms. The fourth-order valence-corrected chi connectivity index (χ4v) is 0.975. The van der Waals surface area contributed by atoms with Crippen LogP contribution < -0.4 is 5.32 Å². The lowest BCUT2D eigenvalue weighted by Crippen LogP contribution is -2.41. The van der Waals surface area contributed by atoms with E-state index < -0.39 is 0 Å². The maximum atomic E-state index is 11.1. The Labute approximate surface area is 85.2 Å². The molecule has 4 nitrogen and oxygen atoms in total. The van der Waals surface area contributed by atoms with Crippen LogP contribution in [0.3, 0.4) is 0 Å². The van der Waals surface area contributed by atoms with Gasteiger partial charge < -0.3 is 10.1 Å². The van der Waals surface area contributed by atoms with E-state index in [9.17, 15) is 4.79 Å². The molecular formula is C10H18N2O2. The van der Waals surface area contributed by atoms with Crippen molar-refractivity contribution in [1.82, 2.24) is 5.32 Å². The predicted octanol–water partition coefficient (Wildman–Crippen LogP) is 1.08. The molecule has 0 aromatic rings. The van der Waals surface area contributed by atoms with Gasteiger partial charge >= 0.3 is 0 Å². The van der Waals surface area contributed by atoms with Crippen molar-refractivity contribution in [1.29, 1.82) is 5.26 Å². The van der Waals surface area contributed by atoms with Gasteiger partial charge in [-0.15, -0.1) is 0 Å². The summed E-state index contributed by atoms with van der Waals surface area (Å²) in [6, 6.07) is 1.81. The largest absolute Gasteiger partial charge is 0.380 e. The quantitative estimate of drug-likeness (QED) is 0.694. The summed E-state index contributed by atoms with van der Waals surface area (Å²) >= 11 is 0. The molecule has 0 saturated carbocycles. The van der Waals surface area contributed by atoms with Crippen molar-refractivity contribution in [2.24, 2.45) is 5.92 Å². The number of rotatable bonds is 6. The lowest BCUT2D eigenvalue weighted by Gasteiger charge is -2.21. The Morgan fingerprint density at radius 3 is 2.64 bits per heavy atom. The highest BCUT2D eigenvalue weighted by Crippen LogP contribution is 2.02. The first-order chi connectivity index (χ1) is 6.61. The zero-order chi connectivity index (χ0) is 11.0. The van der Waals surface area contributed by atoms with Crippen molar-refractivity contribution in [3.05, 3.63) is 0 Å². The Morgan fingerprint density at radius 2 is 2.21 bits per heavy atom. The van der Waals surface area contributed by atoms with Crippen LogP contribution in [0.1, 0.15) is 27.2 Å². The average Bonchev–Trinajstić information content (AvgIpc) is 2.12. The summed E-state index contributed by atoms with van der Waals surface area (Å²) in [6.45, 7) is 7.07. The second-order valence-electron chi connectivity index (χ2n) is 3.41. The van der Waals surface area contributed by atoms with Crippen LogP contribution in [0.15, 0.2) is 0 Å². The molecule has 0 heterocycles. The molecule has 0 saturated heterocycles. The van der Waals surface area contributed by atoms with E-state index in [1.165, 1.54) is 0 Å². The van der Waals surface area contributed by atoms with Crippen molar-refractivity contribution in [2.75, 3.05) is 13.2 Å². The summed E-state index contributed by atoms with van der Waals surface area (Å²) < 4.78 is 5.24. The van der Waals surface area contributed by atoms with Crippen LogP contribution in [-0.2, 0) is 9.53 Å². The molecule has 0 aromatic heterocycles. The molecule has 0 radical (unpaired) electrons. The molecule has 0 aliphatic rings. The minimum Gasteiger partial charge on any atom is -0.380 e. The summed E-state index contributed by atoms with van der Waals surface area (Å²) in [5, 5.41) is 11.1. The molecule has 0 rings (SSSR count). The van der Waals surface area contributed by atoms with Crippen molar-refractivity contribution in [3.63, 3.8) is 0 Å². The van der Waals surface area contributed by atoms with Gasteiger partial charge in [-0.2, -0.15) is 5.26 Å². The van der Waals surface area contributed by atoms with Crippen LogP contribution in [0.2, 0.25) is 0 Å². The van der Waals surface area contributed by atoms with E-state index in [0.717, 1.165) is 0 Å². The van der Waals surface area contributed by atoms with Gasteiger partial charge in [0.25, 0.3) is 0 Å². The SMILES string of the molecule is CCOCC(NC(=O)CC#N)C(C)C. The van der Waals surface area contributed by atoms with E-state index in [2.05, 4.69) is 5.32 Å². The summed E-state index contributed by atoms with van der Waals surface area (Å²) in [5.41, 5.74) is 0. The molecule has 1 N–H and O–H groups in total. The smallest absolute Gasteiger partial charge is 0.234 e. The van der Waals surface area contributed by atoms with E-state index in [-0.39, 0.29) is 18.4 Å². The van der Waals surface area contributed by atoms with Gasteiger partial charge in [0.15, 0.2) is 0 Å². The molecule has 0 aliphatic heterocycles. The topological polar surface area (TPSA) is 62.1 Å². The van der Waals surface area contributed by atoms with E-state index >= 15 is 0 Å².